The lowest BCUT2D eigenvalue weighted by Gasteiger charge is -2.31. The van der Waals surface area contributed by atoms with Gasteiger partial charge in [0.1, 0.15) is 0 Å². The van der Waals surface area contributed by atoms with Crippen molar-refractivity contribution in [2.75, 3.05) is 25.1 Å². The molecule has 132 valence electrons. The highest BCUT2D eigenvalue weighted by Crippen LogP contribution is 2.37. The topological polar surface area (TPSA) is 86.8 Å². The van der Waals surface area contributed by atoms with Crippen molar-refractivity contribution in [2.24, 2.45) is 0 Å². The van der Waals surface area contributed by atoms with Gasteiger partial charge in [0, 0.05) is 13.1 Å². The standard InChI is InChI=1S/C17H19N3O4S/c1-19-13-9-20(12-7-8-25(23,24)10-12)16(21)14(13)15(18-17(19)22)11-5-3-2-4-6-11/h2-6,12,15H,7-10H2,1H3,(H,18,22)/t12-,15+/m1/s1. The Labute approximate surface area is 146 Å². The fourth-order valence-corrected chi connectivity index (χ4v) is 5.53. The zero-order valence-corrected chi connectivity index (χ0v) is 14.6. The summed E-state index contributed by atoms with van der Waals surface area (Å²) in [6.07, 6.45) is 0.454. The quantitative estimate of drug-likeness (QED) is 0.839. The number of carbonyl (C=O) groups is 2. The number of rotatable bonds is 2. The molecule has 3 aliphatic rings. The Bertz CT molecular complexity index is 878. The van der Waals surface area contributed by atoms with Gasteiger partial charge in [-0.25, -0.2) is 13.2 Å². The number of benzene rings is 1. The van der Waals surface area contributed by atoms with Gasteiger partial charge in [0.15, 0.2) is 9.84 Å². The maximum Gasteiger partial charge on any atom is 0.322 e. The minimum atomic E-state index is -3.09. The lowest BCUT2D eigenvalue weighted by atomic mass is 9.96. The number of sulfone groups is 1. The van der Waals surface area contributed by atoms with Crippen LogP contribution in [-0.2, 0) is 14.6 Å². The second-order valence-corrected chi connectivity index (χ2v) is 8.93. The molecule has 0 aromatic heterocycles. The molecule has 25 heavy (non-hydrogen) atoms. The molecular weight excluding hydrogens is 342 g/mol. The van der Waals surface area contributed by atoms with Crippen LogP contribution in [0.3, 0.4) is 0 Å². The average Bonchev–Trinajstić information content (AvgIpc) is 3.12. The van der Waals surface area contributed by atoms with E-state index in [4.69, 9.17) is 0 Å². The highest BCUT2D eigenvalue weighted by atomic mass is 32.2. The fraction of sp³-hybridized carbons (Fsp3) is 0.412. The van der Waals surface area contributed by atoms with E-state index >= 15 is 0 Å². The van der Waals surface area contributed by atoms with Gasteiger partial charge in [-0.15, -0.1) is 0 Å². The van der Waals surface area contributed by atoms with Crippen molar-refractivity contribution in [2.45, 2.75) is 18.5 Å². The Morgan fingerprint density at radius 1 is 1.16 bits per heavy atom. The Morgan fingerprint density at radius 2 is 1.88 bits per heavy atom. The molecule has 3 heterocycles. The number of nitrogens with zero attached hydrogens (tertiary/aromatic N) is 2. The SMILES string of the molecule is CN1C(=O)N[C@@H](c2ccccc2)C2=C1CN([C@@H]1CCS(=O)(=O)C1)C2=O. The van der Waals surface area contributed by atoms with Crippen molar-refractivity contribution in [1.29, 1.82) is 0 Å². The van der Waals surface area contributed by atoms with E-state index in [9.17, 15) is 18.0 Å². The van der Waals surface area contributed by atoms with Crippen molar-refractivity contribution in [3.63, 3.8) is 0 Å². The number of amides is 3. The summed E-state index contributed by atoms with van der Waals surface area (Å²) in [5.74, 6) is -0.0699. The lowest BCUT2D eigenvalue weighted by molar-refractivity contribution is -0.127. The normalized spacial score (nSPS) is 28.4. The van der Waals surface area contributed by atoms with Gasteiger partial charge in [0.2, 0.25) is 0 Å². The molecule has 3 amide bonds. The predicted octanol–water partition coefficient (Wildman–Crippen LogP) is 0.666. The van der Waals surface area contributed by atoms with Crippen LogP contribution in [0.2, 0.25) is 0 Å². The minimum absolute atomic E-state index is 0.000390. The van der Waals surface area contributed by atoms with Crippen LogP contribution in [0.1, 0.15) is 18.0 Å². The number of urea groups is 1. The molecule has 0 saturated carbocycles. The van der Waals surface area contributed by atoms with Crippen molar-refractivity contribution >= 4 is 21.8 Å². The van der Waals surface area contributed by atoms with Gasteiger partial charge in [-0.3, -0.25) is 9.69 Å². The smallest absolute Gasteiger partial charge is 0.322 e. The van der Waals surface area contributed by atoms with Gasteiger partial charge in [-0.05, 0) is 12.0 Å². The summed E-state index contributed by atoms with van der Waals surface area (Å²) in [5, 5.41) is 2.88. The maximum atomic E-state index is 13.1. The van der Waals surface area contributed by atoms with E-state index in [0.717, 1.165) is 5.56 Å². The summed E-state index contributed by atoms with van der Waals surface area (Å²) in [4.78, 5) is 28.4. The third-order valence-electron chi connectivity index (χ3n) is 5.17. The molecule has 1 aromatic carbocycles. The number of nitrogens with one attached hydrogen (secondary N) is 1. The van der Waals surface area contributed by atoms with Gasteiger partial charge < -0.3 is 10.2 Å². The zero-order chi connectivity index (χ0) is 17.8. The molecule has 7 nitrogen and oxygen atoms in total. The predicted molar refractivity (Wildman–Crippen MR) is 91.3 cm³/mol. The molecule has 8 heteroatoms. The van der Waals surface area contributed by atoms with Crippen molar-refractivity contribution in [3.05, 3.63) is 47.2 Å². The van der Waals surface area contributed by atoms with Crippen LogP contribution in [0.25, 0.3) is 0 Å². The summed E-state index contributed by atoms with van der Waals surface area (Å²) >= 11 is 0. The molecule has 0 spiro atoms. The second-order valence-electron chi connectivity index (χ2n) is 6.70. The molecule has 1 aromatic rings. The number of hydrogen-bond donors (Lipinski definition) is 1. The van der Waals surface area contributed by atoms with Gasteiger partial charge in [-0.2, -0.15) is 0 Å². The molecule has 2 atom stereocenters. The van der Waals surface area contributed by atoms with E-state index in [1.54, 1.807) is 11.9 Å². The Kier molecular flexibility index (Phi) is 3.61. The highest BCUT2D eigenvalue weighted by Gasteiger charge is 2.46. The first-order valence-electron chi connectivity index (χ1n) is 8.21. The van der Waals surface area contributed by atoms with Crippen LogP contribution in [0, 0.1) is 0 Å². The fourth-order valence-electron chi connectivity index (χ4n) is 3.80. The Morgan fingerprint density at radius 3 is 2.52 bits per heavy atom. The van der Waals surface area contributed by atoms with E-state index in [0.29, 0.717) is 17.7 Å². The van der Waals surface area contributed by atoms with Crippen LogP contribution in [0.15, 0.2) is 41.6 Å². The van der Waals surface area contributed by atoms with Crippen molar-refractivity contribution in [1.82, 2.24) is 15.1 Å². The molecule has 1 saturated heterocycles. The summed E-state index contributed by atoms with van der Waals surface area (Å²) in [5.41, 5.74) is 2.04. The summed E-state index contributed by atoms with van der Waals surface area (Å²) in [6.45, 7) is 0.279. The molecule has 0 unspecified atom stereocenters. The molecule has 0 aliphatic carbocycles. The largest absolute Gasteiger partial charge is 0.329 e. The van der Waals surface area contributed by atoms with Gasteiger partial charge in [0.25, 0.3) is 5.91 Å². The van der Waals surface area contributed by atoms with Gasteiger partial charge in [-0.1, -0.05) is 30.3 Å². The second kappa shape index (κ2) is 5.59. The molecule has 0 radical (unpaired) electrons. The van der Waals surface area contributed by atoms with Crippen molar-refractivity contribution in [3.8, 4) is 0 Å². The zero-order valence-electron chi connectivity index (χ0n) is 13.8. The monoisotopic (exact) mass is 361 g/mol. The lowest BCUT2D eigenvalue weighted by Crippen LogP contribution is -2.45. The van der Waals surface area contributed by atoms with Crippen LogP contribution in [0.5, 0.6) is 0 Å². The van der Waals surface area contributed by atoms with E-state index in [1.165, 1.54) is 4.90 Å². The molecule has 4 rings (SSSR count). The summed E-state index contributed by atoms with van der Waals surface area (Å²) in [6, 6.07) is 8.26. The minimum Gasteiger partial charge on any atom is -0.329 e. The first-order chi connectivity index (χ1) is 11.9. The van der Waals surface area contributed by atoms with Crippen LogP contribution < -0.4 is 5.32 Å². The molecule has 1 N–H and O–H groups in total. The third-order valence-corrected chi connectivity index (χ3v) is 6.92. The Hall–Kier alpha value is -2.35. The molecule has 1 fully saturated rings. The number of carbonyl (C=O) groups excluding carboxylic acids is 2. The van der Waals surface area contributed by atoms with E-state index in [2.05, 4.69) is 5.32 Å². The molecular formula is C17H19N3O4S. The summed E-state index contributed by atoms with van der Waals surface area (Å²) in [7, 11) is -1.45. The maximum absolute atomic E-state index is 13.1. The van der Waals surface area contributed by atoms with Crippen LogP contribution in [-0.4, -0.2) is 61.3 Å². The van der Waals surface area contributed by atoms with Crippen molar-refractivity contribution < 1.29 is 18.0 Å². The Balaban J connectivity index is 1.70. The van der Waals surface area contributed by atoms with Crippen LogP contribution in [0.4, 0.5) is 4.79 Å². The van der Waals surface area contributed by atoms with Gasteiger partial charge >= 0.3 is 6.03 Å². The van der Waals surface area contributed by atoms with E-state index in [-0.39, 0.29) is 36.0 Å². The summed E-state index contributed by atoms with van der Waals surface area (Å²) < 4.78 is 23.6. The molecule has 3 aliphatic heterocycles. The van der Waals surface area contributed by atoms with Gasteiger partial charge in [0.05, 0.1) is 35.4 Å². The number of likely N-dealkylation sites (N-methyl/N-ethyl adjacent to an activating group) is 1. The van der Waals surface area contributed by atoms with Crippen LogP contribution >= 0.6 is 0 Å². The van der Waals surface area contributed by atoms with E-state index in [1.807, 2.05) is 30.3 Å². The highest BCUT2D eigenvalue weighted by molar-refractivity contribution is 7.91. The first-order valence-corrected chi connectivity index (χ1v) is 10.0. The first kappa shape index (κ1) is 16.1. The molecule has 0 bridgehead atoms. The number of hydrogen-bond acceptors (Lipinski definition) is 4. The third kappa shape index (κ3) is 2.60. The average molecular weight is 361 g/mol. The van der Waals surface area contributed by atoms with E-state index < -0.39 is 15.9 Å².